The van der Waals surface area contributed by atoms with Crippen LogP contribution in [0.4, 0.5) is 0 Å². The zero-order valence-electron chi connectivity index (χ0n) is 16.8. The highest BCUT2D eigenvalue weighted by Crippen LogP contribution is 2.26. The number of nitrogens with one attached hydrogen (secondary N) is 1. The zero-order chi connectivity index (χ0) is 22.0. The summed E-state index contributed by atoms with van der Waals surface area (Å²) in [6.07, 6.45) is 3.57. The van der Waals surface area contributed by atoms with Gasteiger partial charge in [0.25, 0.3) is 11.8 Å². The summed E-state index contributed by atoms with van der Waals surface area (Å²) in [6, 6.07) is 15.5. The van der Waals surface area contributed by atoms with E-state index < -0.39 is 11.8 Å². The maximum Gasteiger partial charge on any atom is 0.265 e. The number of hydrogen-bond donors (Lipinski definition) is 1. The highest BCUT2D eigenvalue weighted by Gasteiger charge is 2.33. The van der Waals surface area contributed by atoms with E-state index >= 15 is 0 Å². The van der Waals surface area contributed by atoms with E-state index in [2.05, 4.69) is 9.88 Å². The molecule has 0 unspecified atom stereocenters. The number of hydrogen-bond acceptors (Lipinski definition) is 4. The Hall–Kier alpha value is -3.00. The van der Waals surface area contributed by atoms with Crippen molar-refractivity contribution in [1.82, 2.24) is 14.8 Å². The average molecular weight is 454 g/mol. The molecule has 3 aromatic rings. The third kappa shape index (κ3) is 4.39. The van der Waals surface area contributed by atoms with Crippen molar-refractivity contribution in [2.75, 3.05) is 20.3 Å². The van der Waals surface area contributed by atoms with Crippen LogP contribution in [0.3, 0.4) is 0 Å². The number of fused-ring (bicyclic) bond motifs is 1. The number of rotatable bonds is 6. The molecule has 2 aromatic carbocycles. The topological polar surface area (TPSA) is 63.6 Å². The first-order valence-corrected chi connectivity index (χ1v) is 10.5. The smallest absolute Gasteiger partial charge is 0.265 e. The highest BCUT2D eigenvalue weighted by molar-refractivity contribution is 7.80. The van der Waals surface area contributed by atoms with E-state index in [9.17, 15) is 9.59 Å². The fraction of sp³-hybridized carbons (Fsp3) is 0.174. The molecule has 1 fully saturated rings. The first-order valence-electron chi connectivity index (χ1n) is 9.68. The van der Waals surface area contributed by atoms with Crippen molar-refractivity contribution in [2.45, 2.75) is 6.54 Å². The van der Waals surface area contributed by atoms with Gasteiger partial charge in [-0.1, -0.05) is 41.9 Å². The van der Waals surface area contributed by atoms with Crippen LogP contribution in [0.1, 0.15) is 11.1 Å². The van der Waals surface area contributed by atoms with Crippen LogP contribution >= 0.6 is 23.8 Å². The van der Waals surface area contributed by atoms with Crippen LogP contribution < -0.4 is 5.32 Å². The number of para-hydroxylation sites is 1. The van der Waals surface area contributed by atoms with E-state index in [0.29, 0.717) is 18.2 Å². The first-order chi connectivity index (χ1) is 15.0. The first kappa shape index (κ1) is 21.2. The van der Waals surface area contributed by atoms with Gasteiger partial charge in [0.1, 0.15) is 5.57 Å². The molecule has 1 aliphatic heterocycles. The summed E-state index contributed by atoms with van der Waals surface area (Å²) in [5.74, 6) is -0.932. The van der Waals surface area contributed by atoms with Gasteiger partial charge in [-0.05, 0) is 42.1 Å². The normalized spacial score (nSPS) is 15.7. The lowest BCUT2D eigenvalue weighted by atomic mass is 10.1. The van der Waals surface area contributed by atoms with Crippen LogP contribution in [-0.2, 0) is 20.9 Å². The molecule has 0 saturated carbocycles. The lowest BCUT2D eigenvalue weighted by molar-refractivity contribution is -0.129. The minimum absolute atomic E-state index is 0.0408. The van der Waals surface area contributed by atoms with Crippen LogP contribution in [0.15, 0.2) is 60.3 Å². The molecule has 1 N–H and O–H groups in total. The molecular weight excluding hydrogens is 434 g/mol. The molecule has 0 radical (unpaired) electrons. The summed E-state index contributed by atoms with van der Waals surface area (Å²) in [5, 5.41) is 4.32. The summed E-state index contributed by atoms with van der Waals surface area (Å²) < 4.78 is 7.14. The van der Waals surface area contributed by atoms with Crippen molar-refractivity contribution in [3.63, 3.8) is 0 Å². The van der Waals surface area contributed by atoms with Gasteiger partial charge in [0.15, 0.2) is 5.11 Å². The Morgan fingerprint density at radius 3 is 2.61 bits per heavy atom. The predicted molar refractivity (Wildman–Crippen MR) is 125 cm³/mol. The Morgan fingerprint density at radius 1 is 1.13 bits per heavy atom. The number of thiocarbonyl (C=S) groups is 1. The SMILES string of the molecule is COCCN1C(=O)C(=Cc2cn(Cc3ccc(Cl)cc3)c3ccccc23)C(=O)NC1=S. The van der Waals surface area contributed by atoms with Gasteiger partial charge in [0, 0.05) is 41.3 Å². The summed E-state index contributed by atoms with van der Waals surface area (Å²) in [7, 11) is 1.54. The van der Waals surface area contributed by atoms with Crippen molar-refractivity contribution in [3.8, 4) is 0 Å². The van der Waals surface area contributed by atoms with Crippen molar-refractivity contribution in [3.05, 3.63) is 76.5 Å². The number of methoxy groups -OCH3 is 1. The number of amides is 2. The summed E-state index contributed by atoms with van der Waals surface area (Å²) in [5.41, 5.74) is 2.91. The molecular formula is C23H20ClN3O3S. The molecule has 4 rings (SSSR count). The average Bonchev–Trinajstić information content (AvgIpc) is 3.10. The number of nitrogens with zero attached hydrogens (tertiary/aromatic N) is 2. The van der Waals surface area contributed by atoms with Gasteiger partial charge in [-0.25, -0.2) is 0 Å². The second-order valence-corrected chi connectivity index (χ2v) is 7.95. The number of carbonyl (C=O) groups is 2. The molecule has 158 valence electrons. The van der Waals surface area contributed by atoms with Crippen LogP contribution in [0.25, 0.3) is 17.0 Å². The molecule has 6 nitrogen and oxygen atoms in total. The van der Waals surface area contributed by atoms with E-state index in [0.717, 1.165) is 22.0 Å². The third-order valence-corrected chi connectivity index (χ3v) is 5.66. The molecule has 31 heavy (non-hydrogen) atoms. The molecule has 1 aliphatic rings. The molecule has 1 aromatic heterocycles. The summed E-state index contributed by atoms with van der Waals surface area (Å²) in [6.45, 7) is 1.21. The van der Waals surface area contributed by atoms with E-state index in [1.807, 2.05) is 54.7 Å². The van der Waals surface area contributed by atoms with Gasteiger partial charge in [0.2, 0.25) is 0 Å². The predicted octanol–water partition coefficient (Wildman–Crippen LogP) is 3.62. The van der Waals surface area contributed by atoms with Gasteiger partial charge in [0.05, 0.1) is 13.2 Å². The maximum absolute atomic E-state index is 13.0. The second kappa shape index (κ2) is 9.01. The van der Waals surface area contributed by atoms with Gasteiger partial charge in [-0.3, -0.25) is 19.8 Å². The molecule has 2 heterocycles. The molecule has 0 aliphatic carbocycles. The van der Waals surface area contributed by atoms with Crippen molar-refractivity contribution in [1.29, 1.82) is 0 Å². The van der Waals surface area contributed by atoms with Crippen molar-refractivity contribution in [2.24, 2.45) is 0 Å². The fourth-order valence-corrected chi connectivity index (χ4v) is 3.94. The Balaban J connectivity index is 1.73. The van der Waals surface area contributed by atoms with Crippen LogP contribution in [0.5, 0.6) is 0 Å². The zero-order valence-corrected chi connectivity index (χ0v) is 18.4. The van der Waals surface area contributed by atoms with Crippen molar-refractivity contribution < 1.29 is 14.3 Å². The number of benzene rings is 2. The molecule has 8 heteroatoms. The Labute approximate surface area is 190 Å². The van der Waals surface area contributed by atoms with E-state index in [1.54, 1.807) is 13.2 Å². The van der Waals surface area contributed by atoms with Gasteiger partial charge < -0.3 is 9.30 Å². The standard InChI is InChI=1S/C23H20ClN3O3S/c1-30-11-10-27-22(29)19(21(28)25-23(27)31)12-16-14-26(20-5-3-2-4-18(16)20)13-15-6-8-17(24)9-7-15/h2-9,12,14H,10-11,13H2,1H3,(H,25,28,31). The lowest BCUT2D eigenvalue weighted by Gasteiger charge is -2.28. The molecule has 1 saturated heterocycles. The molecule has 0 spiro atoms. The number of halogens is 1. The van der Waals surface area contributed by atoms with Gasteiger partial charge in [-0.15, -0.1) is 0 Å². The number of aromatic nitrogens is 1. The van der Waals surface area contributed by atoms with Crippen LogP contribution in [-0.4, -0.2) is 46.7 Å². The van der Waals surface area contributed by atoms with E-state index in [4.69, 9.17) is 28.6 Å². The van der Waals surface area contributed by atoms with Gasteiger partial charge in [-0.2, -0.15) is 0 Å². The minimum atomic E-state index is -0.502. The van der Waals surface area contributed by atoms with Crippen molar-refractivity contribution >= 4 is 57.7 Å². The largest absolute Gasteiger partial charge is 0.383 e. The molecule has 2 amide bonds. The van der Waals surface area contributed by atoms with Gasteiger partial charge >= 0.3 is 0 Å². The lowest BCUT2D eigenvalue weighted by Crippen LogP contribution is -2.54. The molecule has 0 bridgehead atoms. The monoisotopic (exact) mass is 453 g/mol. The summed E-state index contributed by atoms with van der Waals surface area (Å²) >= 11 is 11.2. The highest BCUT2D eigenvalue weighted by atomic mass is 35.5. The number of carbonyl (C=O) groups excluding carboxylic acids is 2. The van der Waals surface area contributed by atoms with E-state index in [1.165, 1.54) is 4.90 Å². The number of ether oxygens (including phenoxy) is 1. The Bertz CT molecular complexity index is 1200. The molecule has 0 atom stereocenters. The maximum atomic E-state index is 13.0. The Kier molecular flexibility index (Phi) is 6.18. The summed E-state index contributed by atoms with van der Waals surface area (Å²) in [4.78, 5) is 26.8. The van der Waals surface area contributed by atoms with E-state index in [-0.39, 0.29) is 17.2 Å². The Morgan fingerprint density at radius 2 is 1.87 bits per heavy atom. The fourth-order valence-electron chi connectivity index (χ4n) is 3.54. The van der Waals surface area contributed by atoms with Crippen LogP contribution in [0.2, 0.25) is 5.02 Å². The van der Waals surface area contributed by atoms with Crippen LogP contribution in [0, 0.1) is 0 Å². The quantitative estimate of drug-likeness (QED) is 0.352. The third-order valence-electron chi connectivity index (χ3n) is 5.09. The minimum Gasteiger partial charge on any atom is -0.383 e. The second-order valence-electron chi connectivity index (χ2n) is 7.12.